The van der Waals surface area contributed by atoms with E-state index in [0.717, 1.165) is 23.4 Å². The van der Waals surface area contributed by atoms with Crippen molar-refractivity contribution in [2.24, 2.45) is 0 Å². The molecule has 1 aliphatic heterocycles. The fourth-order valence-electron chi connectivity index (χ4n) is 2.61. The highest BCUT2D eigenvalue weighted by Gasteiger charge is 2.23. The van der Waals surface area contributed by atoms with E-state index in [1.165, 1.54) is 11.1 Å². The van der Waals surface area contributed by atoms with Crippen LogP contribution in [0.2, 0.25) is 0 Å². The highest BCUT2D eigenvalue weighted by molar-refractivity contribution is 6.00. The Hall–Kier alpha value is -2.29. The van der Waals surface area contributed by atoms with Crippen molar-refractivity contribution in [2.45, 2.75) is 12.8 Å². The molecule has 0 aliphatic carbocycles. The Morgan fingerprint density at radius 1 is 1.10 bits per heavy atom. The van der Waals surface area contributed by atoms with Gasteiger partial charge in [0.15, 0.2) is 0 Å². The molecule has 0 saturated carbocycles. The molecule has 102 valence electrons. The smallest absolute Gasteiger partial charge is 0.231 e. The number of benzene rings is 2. The average Bonchev–Trinajstić information content (AvgIpc) is 2.74. The number of carbonyl (C=O) groups is 1. The highest BCUT2D eigenvalue weighted by atomic mass is 16.5. The number of nitrogens with zero attached hydrogens (tertiary/aromatic N) is 1. The van der Waals surface area contributed by atoms with Crippen molar-refractivity contribution in [1.29, 1.82) is 0 Å². The van der Waals surface area contributed by atoms with Gasteiger partial charge in [0, 0.05) is 12.7 Å². The Balaban J connectivity index is 1.82. The van der Waals surface area contributed by atoms with Crippen LogP contribution in [0.25, 0.3) is 0 Å². The van der Waals surface area contributed by atoms with Crippen LogP contribution in [0, 0.1) is 0 Å². The molecule has 0 atom stereocenters. The maximum atomic E-state index is 11.7. The third kappa shape index (κ3) is 2.27. The SMILES string of the molecule is COc1ccc(Cc2ccc3c(c2)CC(=O)N3C)cc1. The predicted molar refractivity (Wildman–Crippen MR) is 79.4 cm³/mol. The van der Waals surface area contributed by atoms with Crippen LogP contribution in [0.5, 0.6) is 5.75 Å². The van der Waals surface area contributed by atoms with Crippen molar-refractivity contribution in [3.05, 3.63) is 59.2 Å². The van der Waals surface area contributed by atoms with Gasteiger partial charge in [-0.25, -0.2) is 0 Å². The number of rotatable bonds is 3. The summed E-state index contributed by atoms with van der Waals surface area (Å²) in [4.78, 5) is 13.4. The van der Waals surface area contributed by atoms with E-state index in [-0.39, 0.29) is 5.91 Å². The highest BCUT2D eigenvalue weighted by Crippen LogP contribution is 2.29. The Morgan fingerprint density at radius 2 is 1.80 bits per heavy atom. The molecule has 3 rings (SSSR count). The second-order valence-electron chi connectivity index (χ2n) is 5.12. The number of likely N-dealkylation sites (N-methyl/N-ethyl adjacent to an activating group) is 1. The number of hydrogen-bond acceptors (Lipinski definition) is 2. The fourth-order valence-corrected chi connectivity index (χ4v) is 2.61. The predicted octanol–water partition coefficient (Wildman–Crippen LogP) is 2.80. The molecule has 1 heterocycles. The van der Waals surface area contributed by atoms with E-state index in [9.17, 15) is 4.79 Å². The lowest BCUT2D eigenvalue weighted by Gasteiger charge is -2.10. The molecule has 3 nitrogen and oxygen atoms in total. The summed E-state index contributed by atoms with van der Waals surface area (Å²) in [5.74, 6) is 1.04. The molecule has 0 unspecified atom stereocenters. The maximum Gasteiger partial charge on any atom is 0.231 e. The van der Waals surface area contributed by atoms with E-state index in [1.54, 1.807) is 12.0 Å². The first kappa shape index (κ1) is 12.7. The van der Waals surface area contributed by atoms with Crippen LogP contribution in [0.3, 0.4) is 0 Å². The van der Waals surface area contributed by atoms with E-state index < -0.39 is 0 Å². The molecule has 3 heteroatoms. The van der Waals surface area contributed by atoms with Crippen molar-refractivity contribution < 1.29 is 9.53 Å². The molecule has 2 aromatic rings. The van der Waals surface area contributed by atoms with Gasteiger partial charge in [0.25, 0.3) is 0 Å². The number of carbonyl (C=O) groups excluding carboxylic acids is 1. The van der Waals surface area contributed by atoms with Gasteiger partial charge in [-0.05, 0) is 41.3 Å². The number of fused-ring (bicyclic) bond motifs is 1. The van der Waals surface area contributed by atoms with Gasteiger partial charge in [0.2, 0.25) is 5.91 Å². The van der Waals surface area contributed by atoms with Crippen molar-refractivity contribution in [3.63, 3.8) is 0 Å². The zero-order valence-corrected chi connectivity index (χ0v) is 11.7. The molecule has 2 aromatic carbocycles. The van der Waals surface area contributed by atoms with E-state index in [1.807, 2.05) is 25.2 Å². The zero-order chi connectivity index (χ0) is 14.1. The zero-order valence-electron chi connectivity index (χ0n) is 11.7. The first-order valence-corrected chi connectivity index (χ1v) is 6.68. The van der Waals surface area contributed by atoms with Crippen LogP contribution in [0.4, 0.5) is 5.69 Å². The molecule has 0 radical (unpaired) electrons. The standard InChI is InChI=1S/C17H17NO2/c1-18-16-8-5-13(10-14(16)11-17(18)19)9-12-3-6-15(20-2)7-4-12/h3-8,10H,9,11H2,1-2H3. The minimum Gasteiger partial charge on any atom is -0.497 e. The van der Waals surface area contributed by atoms with Crippen LogP contribution >= 0.6 is 0 Å². The molecule has 0 bridgehead atoms. The molecule has 0 spiro atoms. The van der Waals surface area contributed by atoms with Gasteiger partial charge in [-0.15, -0.1) is 0 Å². The molecule has 0 N–H and O–H groups in total. The van der Waals surface area contributed by atoms with Crippen LogP contribution in [-0.4, -0.2) is 20.1 Å². The first-order valence-electron chi connectivity index (χ1n) is 6.68. The molecule has 0 aromatic heterocycles. The summed E-state index contributed by atoms with van der Waals surface area (Å²) in [6, 6.07) is 14.4. The molecule has 1 amide bonds. The third-order valence-corrected chi connectivity index (χ3v) is 3.79. The summed E-state index contributed by atoms with van der Waals surface area (Å²) in [6.07, 6.45) is 1.39. The number of hydrogen-bond donors (Lipinski definition) is 0. The molecular formula is C17H17NO2. The van der Waals surface area contributed by atoms with Crippen LogP contribution in [0.15, 0.2) is 42.5 Å². The van der Waals surface area contributed by atoms with Crippen LogP contribution < -0.4 is 9.64 Å². The number of anilines is 1. The Morgan fingerprint density at radius 3 is 2.50 bits per heavy atom. The number of amides is 1. The normalized spacial score (nSPS) is 13.5. The van der Waals surface area contributed by atoms with Gasteiger partial charge in [-0.2, -0.15) is 0 Å². The second kappa shape index (κ2) is 5.00. The van der Waals surface area contributed by atoms with Crippen molar-refractivity contribution in [1.82, 2.24) is 0 Å². The van der Waals surface area contributed by atoms with Crippen LogP contribution in [0.1, 0.15) is 16.7 Å². The minimum atomic E-state index is 0.168. The molecular weight excluding hydrogens is 250 g/mol. The lowest BCUT2D eigenvalue weighted by Crippen LogP contribution is -2.20. The van der Waals surface area contributed by atoms with Gasteiger partial charge < -0.3 is 9.64 Å². The Kier molecular flexibility index (Phi) is 3.18. The average molecular weight is 267 g/mol. The Labute approximate surface area is 118 Å². The summed E-state index contributed by atoms with van der Waals surface area (Å²) >= 11 is 0. The third-order valence-electron chi connectivity index (χ3n) is 3.79. The molecule has 0 saturated heterocycles. The van der Waals surface area contributed by atoms with Crippen molar-refractivity contribution in [2.75, 3.05) is 19.1 Å². The largest absolute Gasteiger partial charge is 0.497 e. The van der Waals surface area contributed by atoms with Crippen LogP contribution in [-0.2, 0) is 17.6 Å². The topological polar surface area (TPSA) is 29.5 Å². The van der Waals surface area contributed by atoms with Gasteiger partial charge in [-0.1, -0.05) is 24.3 Å². The molecule has 1 aliphatic rings. The summed E-state index contributed by atoms with van der Waals surface area (Å²) in [7, 11) is 3.50. The number of ether oxygens (including phenoxy) is 1. The Bertz CT molecular complexity index is 647. The lowest BCUT2D eigenvalue weighted by atomic mass is 10.0. The number of methoxy groups -OCH3 is 1. The quantitative estimate of drug-likeness (QED) is 0.856. The van der Waals surface area contributed by atoms with E-state index in [2.05, 4.69) is 24.3 Å². The maximum absolute atomic E-state index is 11.7. The molecule has 0 fully saturated rings. The van der Waals surface area contributed by atoms with E-state index in [0.29, 0.717) is 6.42 Å². The monoisotopic (exact) mass is 267 g/mol. The second-order valence-corrected chi connectivity index (χ2v) is 5.12. The van der Waals surface area contributed by atoms with E-state index in [4.69, 9.17) is 4.74 Å². The van der Waals surface area contributed by atoms with E-state index >= 15 is 0 Å². The fraction of sp³-hybridized carbons (Fsp3) is 0.235. The van der Waals surface area contributed by atoms with Gasteiger partial charge >= 0.3 is 0 Å². The molecule has 20 heavy (non-hydrogen) atoms. The van der Waals surface area contributed by atoms with Gasteiger partial charge in [0.05, 0.1) is 13.5 Å². The summed E-state index contributed by atoms with van der Waals surface area (Å²) in [5, 5.41) is 0. The summed E-state index contributed by atoms with van der Waals surface area (Å²) in [5.41, 5.74) is 4.64. The van der Waals surface area contributed by atoms with Gasteiger partial charge in [-0.3, -0.25) is 4.79 Å². The minimum absolute atomic E-state index is 0.168. The lowest BCUT2D eigenvalue weighted by molar-refractivity contribution is -0.117. The van der Waals surface area contributed by atoms with Crippen molar-refractivity contribution in [3.8, 4) is 5.75 Å². The van der Waals surface area contributed by atoms with Crippen molar-refractivity contribution >= 4 is 11.6 Å². The summed E-state index contributed by atoms with van der Waals surface area (Å²) in [6.45, 7) is 0. The first-order chi connectivity index (χ1) is 9.67. The van der Waals surface area contributed by atoms with Gasteiger partial charge in [0.1, 0.15) is 5.75 Å². The summed E-state index contributed by atoms with van der Waals surface area (Å²) < 4.78 is 5.16.